The molecular weight excluding hydrogens is 490 g/mol. The Morgan fingerprint density at radius 1 is 1.40 bits per heavy atom. The van der Waals surface area contributed by atoms with Gasteiger partial charge in [-0.15, -0.1) is 6.58 Å². The van der Waals surface area contributed by atoms with Crippen molar-refractivity contribution in [2.24, 2.45) is 0 Å². The third kappa shape index (κ3) is 4.58. The number of aryl methyl sites for hydroxylation is 1. The van der Waals surface area contributed by atoms with Crippen LogP contribution < -0.4 is 15.8 Å². The minimum atomic E-state index is -0.933. The topological polar surface area (TPSA) is 113 Å². The van der Waals surface area contributed by atoms with Gasteiger partial charge in [0.2, 0.25) is 5.91 Å². The lowest BCUT2D eigenvalue weighted by Gasteiger charge is -2.36. The first-order valence-corrected chi connectivity index (χ1v) is 12.0. The largest absolute Gasteiger partial charge is 0.469 e. The average Bonchev–Trinajstić information content (AvgIpc) is 3.10. The Hall–Kier alpha value is -3.51. The average molecular weight is 514 g/mol. The molecule has 35 heavy (non-hydrogen) atoms. The number of fused-ring (bicyclic) bond motifs is 1. The van der Waals surface area contributed by atoms with Crippen LogP contribution in [0.2, 0.25) is 0 Å². The van der Waals surface area contributed by atoms with Crippen LogP contribution in [0.5, 0.6) is 0 Å². The predicted octanol–water partition coefficient (Wildman–Crippen LogP) is 1.26. The van der Waals surface area contributed by atoms with Crippen molar-refractivity contribution in [3.8, 4) is 0 Å². The van der Waals surface area contributed by atoms with Crippen LogP contribution in [-0.2, 0) is 19.1 Å². The molecule has 2 aliphatic heterocycles. The minimum Gasteiger partial charge on any atom is -0.469 e. The van der Waals surface area contributed by atoms with Crippen LogP contribution in [0.1, 0.15) is 17.5 Å². The van der Waals surface area contributed by atoms with Crippen molar-refractivity contribution in [1.29, 1.82) is 0 Å². The Morgan fingerprint density at radius 3 is 2.89 bits per heavy atom. The van der Waals surface area contributed by atoms with Gasteiger partial charge in [0, 0.05) is 25.8 Å². The number of anilines is 1. The number of thiocarbonyl (C=S) groups is 1. The lowest BCUT2D eigenvalue weighted by molar-refractivity contribution is -0.143. The lowest BCUT2D eigenvalue weighted by atomic mass is 10.1. The summed E-state index contributed by atoms with van der Waals surface area (Å²) in [7, 11) is 1.24. The summed E-state index contributed by atoms with van der Waals surface area (Å²) in [6.07, 6.45) is 4.40. The van der Waals surface area contributed by atoms with Gasteiger partial charge in [-0.2, -0.15) is 0 Å². The van der Waals surface area contributed by atoms with Gasteiger partial charge in [0.1, 0.15) is 21.8 Å². The maximum absolute atomic E-state index is 13.7. The molecule has 0 aliphatic carbocycles. The first-order chi connectivity index (χ1) is 16.8. The molecular formula is C23H23N5O5S2. The van der Waals surface area contributed by atoms with Crippen LogP contribution >= 0.6 is 24.0 Å². The van der Waals surface area contributed by atoms with Gasteiger partial charge < -0.3 is 15.0 Å². The van der Waals surface area contributed by atoms with Crippen LogP contribution in [0.15, 0.2) is 40.7 Å². The molecule has 12 heteroatoms. The van der Waals surface area contributed by atoms with Crippen LogP contribution in [0, 0.1) is 6.92 Å². The Morgan fingerprint density at radius 2 is 2.17 bits per heavy atom. The molecule has 2 aliphatic rings. The van der Waals surface area contributed by atoms with E-state index in [0.29, 0.717) is 23.1 Å². The molecule has 1 unspecified atom stereocenters. The molecule has 0 spiro atoms. The maximum Gasteiger partial charge on any atom is 0.308 e. The number of esters is 1. The maximum atomic E-state index is 13.7. The minimum absolute atomic E-state index is 0.122. The molecule has 0 aromatic carbocycles. The van der Waals surface area contributed by atoms with E-state index in [-0.39, 0.29) is 41.1 Å². The summed E-state index contributed by atoms with van der Waals surface area (Å²) in [4.78, 5) is 59.5. The molecule has 0 saturated carbocycles. The highest BCUT2D eigenvalue weighted by atomic mass is 32.2. The zero-order valence-corrected chi connectivity index (χ0v) is 20.8. The van der Waals surface area contributed by atoms with E-state index in [1.54, 1.807) is 23.2 Å². The fourth-order valence-corrected chi connectivity index (χ4v) is 5.23. The number of rotatable bonds is 6. The molecule has 0 radical (unpaired) electrons. The van der Waals surface area contributed by atoms with Gasteiger partial charge in [-0.1, -0.05) is 36.1 Å². The second kappa shape index (κ2) is 10.0. The third-order valence-electron chi connectivity index (χ3n) is 5.72. The highest BCUT2D eigenvalue weighted by Crippen LogP contribution is 2.34. The number of pyridine rings is 1. The molecule has 2 aromatic heterocycles. The van der Waals surface area contributed by atoms with E-state index < -0.39 is 17.6 Å². The number of nitrogens with one attached hydrogen (secondary N) is 1. The summed E-state index contributed by atoms with van der Waals surface area (Å²) in [5, 5.41) is 2.74. The number of hydrogen-bond donors (Lipinski definition) is 1. The van der Waals surface area contributed by atoms with Crippen LogP contribution in [-0.4, -0.2) is 69.2 Å². The standard InChI is InChI=1S/C23H23N5O5S2/c1-4-8-28-22(32)16(35-23(28)34)11-14-19(25-18-13(2)6-5-9-27(18)21(14)31)26-10-7-24-20(30)15(26)12-17(29)33-3/h4-6,9,11,15H,1,7-8,10,12H2,2-3H3,(H,24,30). The van der Waals surface area contributed by atoms with Gasteiger partial charge in [0.05, 0.1) is 24.0 Å². The van der Waals surface area contributed by atoms with Crippen molar-refractivity contribution in [1.82, 2.24) is 19.6 Å². The molecule has 1 N–H and O–H groups in total. The number of ether oxygens (including phenoxy) is 1. The van der Waals surface area contributed by atoms with Crippen molar-refractivity contribution >= 4 is 63.6 Å². The van der Waals surface area contributed by atoms with Gasteiger partial charge in [0.25, 0.3) is 11.5 Å². The van der Waals surface area contributed by atoms with Gasteiger partial charge >= 0.3 is 5.97 Å². The molecule has 2 aromatic rings. The van der Waals surface area contributed by atoms with Crippen LogP contribution in [0.4, 0.5) is 5.82 Å². The number of piperazine rings is 1. The lowest BCUT2D eigenvalue weighted by Crippen LogP contribution is -2.57. The molecule has 2 fully saturated rings. The highest BCUT2D eigenvalue weighted by molar-refractivity contribution is 8.26. The van der Waals surface area contributed by atoms with E-state index in [1.165, 1.54) is 22.5 Å². The molecule has 182 valence electrons. The fraction of sp³-hybridized carbons (Fsp3) is 0.304. The van der Waals surface area contributed by atoms with Crippen molar-refractivity contribution in [3.05, 3.63) is 57.4 Å². The Balaban J connectivity index is 1.93. The zero-order valence-electron chi connectivity index (χ0n) is 19.1. The summed E-state index contributed by atoms with van der Waals surface area (Å²) in [5.74, 6) is -1.08. The molecule has 4 rings (SSSR count). The molecule has 10 nitrogen and oxygen atoms in total. The third-order valence-corrected chi connectivity index (χ3v) is 7.09. The molecule has 1 atom stereocenters. The quantitative estimate of drug-likeness (QED) is 0.264. The molecule has 2 amide bonds. The van der Waals surface area contributed by atoms with Crippen molar-refractivity contribution in [3.63, 3.8) is 0 Å². The number of thioether (sulfide) groups is 1. The van der Waals surface area contributed by atoms with Gasteiger partial charge in [0.15, 0.2) is 0 Å². The van der Waals surface area contributed by atoms with E-state index in [0.717, 1.165) is 17.3 Å². The summed E-state index contributed by atoms with van der Waals surface area (Å²) in [6.45, 7) is 6.32. The number of hydrogen-bond acceptors (Lipinski definition) is 9. The fourth-order valence-electron chi connectivity index (χ4n) is 3.98. The Kier molecular flexibility index (Phi) is 7.03. The molecule has 4 heterocycles. The molecule has 2 saturated heterocycles. The van der Waals surface area contributed by atoms with Gasteiger partial charge in [-0.05, 0) is 24.6 Å². The van der Waals surface area contributed by atoms with Crippen LogP contribution in [0.25, 0.3) is 11.7 Å². The first-order valence-electron chi connectivity index (χ1n) is 10.8. The first kappa shape index (κ1) is 24.6. The SMILES string of the molecule is C=CCN1C(=O)C(=Cc2c(N3CCNC(=O)C3CC(=O)OC)nc3c(C)cccn3c2=O)SC1=S. The summed E-state index contributed by atoms with van der Waals surface area (Å²) in [5.41, 5.74) is 0.870. The van der Waals surface area contributed by atoms with Crippen LogP contribution in [0.3, 0.4) is 0 Å². The second-order valence-electron chi connectivity index (χ2n) is 7.90. The zero-order chi connectivity index (χ0) is 25.3. The number of carbonyl (C=O) groups excluding carboxylic acids is 3. The monoisotopic (exact) mass is 513 g/mol. The smallest absolute Gasteiger partial charge is 0.308 e. The highest BCUT2D eigenvalue weighted by Gasteiger charge is 2.36. The van der Waals surface area contributed by atoms with Crippen molar-refractivity contribution in [2.45, 2.75) is 19.4 Å². The number of methoxy groups -OCH3 is 1. The molecule has 0 bridgehead atoms. The van der Waals surface area contributed by atoms with E-state index in [9.17, 15) is 19.2 Å². The summed E-state index contributed by atoms with van der Waals surface area (Å²) < 4.78 is 6.53. The van der Waals surface area contributed by atoms with E-state index in [2.05, 4.69) is 11.9 Å². The van der Waals surface area contributed by atoms with E-state index >= 15 is 0 Å². The Labute approximate surface area is 210 Å². The van der Waals surface area contributed by atoms with Crippen molar-refractivity contribution < 1.29 is 19.1 Å². The predicted molar refractivity (Wildman–Crippen MR) is 137 cm³/mol. The second-order valence-corrected chi connectivity index (χ2v) is 9.58. The van der Waals surface area contributed by atoms with Gasteiger partial charge in [-0.25, -0.2) is 4.98 Å². The van der Waals surface area contributed by atoms with E-state index in [4.69, 9.17) is 21.9 Å². The number of carbonyl (C=O) groups is 3. The number of aromatic nitrogens is 2. The summed E-state index contributed by atoms with van der Waals surface area (Å²) in [6, 6.07) is 2.62. The number of nitrogens with zero attached hydrogens (tertiary/aromatic N) is 4. The van der Waals surface area contributed by atoms with Crippen molar-refractivity contribution in [2.75, 3.05) is 31.6 Å². The Bertz CT molecular complexity index is 1350. The number of amides is 2. The van der Waals surface area contributed by atoms with Gasteiger partial charge in [-0.3, -0.25) is 28.5 Å². The summed E-state index contributed by atoms with van der Waals surface area (Å²) >= 11 is 6.40. The van der Waals surface area contributed by atoms with E-state index in [1.807, 2.05) is 13.0 Å². The normalized spacial score (nSPS) is 19.4.